The molecule has 7 heteroatoms. The third-order valence-corrected chi connectivity index (χ3v) is 3.00. The van der Waals surface area contributed by atoms with Gasteiger partial charge in [0.15, 0.2) is 5.82 Å². The molecule has 1 heterocycles. The summed E-state index contributed by atoms with van der Waals surface area (Å²) in [7, 11) is 0. The van der Waals surface area contributed by atoms with E-state index in [1.165, 1.54) is 16.8 Å². The summed E-state index contributed by atoms with van der Waals surface area (Å²) in [6.45, 7) is 0. The molecule has 0 amide bonds. The minimum Gasteiger partial charge on any atom is -0.481 e. The minimum atomic E-state index is -0.839. The first-order chi connectivity index (χ1) is 8.66. The molecular weight excluding hydrogens is 239 g/mol. The second-order valence-electron chi connectivity index (χ2n) is 4.21. The molecule has 1 fully saturated rings. The van der Waals surface area contributed by atoms with Gasteiger partial charge in [0, 0.05) is 5.92 Å². The number of carbonyl (C=O) groups is 1. The number of benzene rings is 1. The van der Waals surface area contributed by atoms with Crippen molar-refractivity contribution in [2.24, 2.45) is 5.92 Å². The Morgan fingerprint density at radius 2 is 2.11 bits per heavy atom. The summed E-state index contributed by atoms with van der Waals surface area (Å²) in [5.41, 5.74) is 0.618. The van der Waals surface area contributed by atoms with Crippen LogP contribution in [0.5, 0.6) is 0 Å². The molecule has 92 valence electrons. The molecule has 3 rings (SSSR count). The Hall–Kier alpha value is -2.31. The lowest BCUT2D eigenvalue weighted by Gasteiger charge is -2.03. The number of nitrogens with zero attached hydrogens (tertiary/aromatic N) is 4. The van der Waals surface area contributed by atoms with Crippen molar-refractivity contribution in [3.63, 3.8) is 0 Å². The van der Waals surface area contributed by atoms with Crippen molar-refractivity contribution < 1.29 is 14.3 Å². The number of hydrogen-bond acceptors (Lipinski definition) is 4. The fourth-order valence-electron chi connectivity index (χ4n) is 1.94. The maximum Gasteiger partial charge on any atom is 0.307 e. The van der Waals surface area contributed by atoms with Gasteiger partial charge in [-0.2, -0.15) is 4.68 Å². The second kappa shape index (κ2) is 3.86. The van der Waals surface area contributed by atoms with Gasteiger partial charge in [-0.3, -0.25) is 4.79 Å². The first kappa shape index (κ1) is 10.8. The highest BCUT2D eigenvalue weighted by atomic mass is 19.1. The standard InChI is InChI=1S/C11H9FN4O2/c12-6-1-3-7(4-2-6)16-10(13-14-15-16)8-5-9(8)11(17)18/h1-4,8-9H,5H2,(H,17,18). The smallest absolute Gasteiger partial charge is 0.307 e. The zero-order valence-electron chi connectivity index (χ0n) is 9.19. The van der Waals surface area contributed by atoms with Gasteiger partial charge in [-0.15, -0.1) is 5.10 Å². The molecule has 1 aromatic carbocycles. The largest absolute Gasteiger partial charge is 0.481 e. The predicted molar refractivity (Wildman–Crippen MR) is 57.6 cm³/mol. The highest BCUT2D eigenvalue weighted by Gasteiger charge is 2.47. The summed E-state index contributed by atoms with van der Waals surface area (Å²) in [5.74, 6) is -1.26. The number of carboxylic acid groups (broad SMARTS) is 1. The highest BCUT2D eigenvalue weighted by molar-refractivity contribution is 5.74. The first-order valence-corrected chi connectivity index (χ1v) is 5.44. The molecule has 1 aliphatic carbocycles. The number of tetrazole rings is 1. The lowest BCUT2D eigenvalue weighted by Crippen LogP contribution is -2.05. The fourth-order valence-corrected chi connectivity index (χ4v) is 1.94. The van der Waals surface area contributed by atoms with Gasteiger partial charge in [-0.1, -0.05) is 0 Å². The lowest BCUT2D eigenvalue weighted by molar-refractivity contribution is -0.138. The molecule has 1 N–H and O–H groups in total. The number of rotatable bonds is 3. The van der Waals surface area contributed by atoms with E-state index in [0.29, 0.717) is 17.9 Å². The van der Waals surface area contributed by atoms with E-state index in [-0.39, 0.29) is 11.7 Å². The van der Waals surface area contributed by atoms with Gasteiger partial charge in [-0.25, -0.2) is 4.39 Å². The number of aliphatic carboxylic acids is 1. The van der Waals surface area contributed by atoms with Crippen LogP contribution in [0.25, 0.3) is 5.69 Å². The summed E-state index contributed by atoms with van der Waals surface area (Å²) in [4.78, 5) is 10.8. The van der Waals surface area contributed by atoms with E-state index in [4.69, 9.17) is 5.11 Å². The second-order valence-corrected chi connectivity index (χ2v) is 4.21. The molecule has 2 unspecified atom stereocenters. The van der Waals surface area contributed by atoms with Crippen LogP contribution in [0, 0.1) is 11.7 Å². The van der Waals surface area contributed by atoms with Crippen LogP contribution < -0.4 is 0 Å². The van der Waals surface area contributed by atoms with Crippen LogP contribution in [-0.4, -0.2) is 31.3 Å². The van der Waals surface area contributed by atoms with Crippen molar-refractivity contribution in [1.82, 2.24) is 20.2 Å². The van der Waals surface area contributed by atoms with Crippen molar-refractivity contribution in [3.05, 3.63) is 35.9 Å². The molecule has 0 aliphatic heterocycles. The zero-order chi connectivity index (χ0) is 12.7. The van der Waals surface area contributed by atoms with Crippen molar-refractivity contribution in [1.29, 1.82) is 0 Å². The normalized spacial score (nSPS) is 21.8. The van der Waals surface area contributed by atoms with Crippen molar-refractivity contribution in [2.75, 3.05) is 0 Å². The molecule has 2 aromatic rings. The molecule has 0 bridgehead atoms. The molecule has 18 heavy (non-hydrogen) atoms. The Bertz CT molecular complexity index is 595. The van der Waals surface area contributed by atoms with Crippen LogP contribution >= 0.6 is 0 Å². The number of halogens is 1. The molecular formula is C11H9FN4O2. The Morgan fingerprint density at radius 3 is 2.72 bits per heavy atom. The Kier molecular flexibility index (Phi) is 2.32. The van der Waals surface area contributed by atoms with Crippen molar-refractivity contribution in [3.8, 4) is 5.69 Å². The van der Waals surface area contributed by atoms with Gasteiger partial charge < -0.3 is 5.11 Å². The van der Waals surface area contributed by atoms with E-state index in [2.05, 4.69) is 15.5 Å². The quantitative estimate of drug-likeness (QED) is 0.876. The van der Waals surface area contributed by atoms with Gasteiger partial charge in [0.05, 0.1) is 11.6 Å². The lowest BCUT2D eigenvalue weighted by atomic mass is 10.2. The van der Waals surface area contributed by atoms with Gasteiger partial charge in [0.2, 0.25) is 0 Å². The van der Waals surface area contributed by atoms with Gasteiger partial charge in [0.25, 0.3) is 0 Å². The summed E-state index contributed by atoms with van der Waals surface area (Å²) < 4.78 is 14.3. The fraction of sp³-hybridized carbons (Fsp3) is 0.273. The third-order valence-electron chi connectivity index (χ3n) is 3.00. The topological polar surface area (TPSA) is 80.9 Å². The minimum absolute atomic E-state index is 0.164. The number of aromatic nitrogens is 4. The number of hydrogen-bond donors (Lipinski definition) is 1. The molecule has 0 saturated heterocycles. The Labute approximate surface area is 101 Å². The van der Waals surface area contributed by atoms with E-state index < -0.39 is 11.9 Å². The summed E-state index contributed by atoms with van der Waals surface area (Å²) in [6.07, 6.45) is 0.539. The van der Waals surface area contributed by atoms with Crippen LogP contribution in [0.2, 0.25) is 0 Å². The highest BCUT2D eigenvalue weighted by Crippen LogP contribution is 2.46. The number of carboxylic acids is 1. The van der Waals surface area contributed by atoms with Crippen LogP contribution in [-0.2, 0) is 4.79 Å². The van der Waals surface area contributed by atoms with Crippen molar-refractivity contribution in [2.45, 2.75) is 12.3 Å². The average molecular weight is 248 g/mol. The van der Waals surface area contributed by atoms with Crippen LogP contribution in [0.3, 0.4) is 0 Å². The van der Waals surface area contributed by atoms with Crippen molar-refractivity contribution >= 4 is 5.97 Å². The maximum atomic E-state index is 12.8. The summed E-state index contributed by atoms with van der Waals surface area (Å²) in [6, 6.07) is 5.71. The molecule has 1 aliphatic rings. The Balaban J connectivity index is 1.93. The molecule has 0 radical (unpaired) electrons. The first-order valence-electron chi connectivity index (χ1n) is 5.44. The SMILES string of the molecule is O=C(O)C1CC1c1nnnn1-c1ccc(F)cc1. The molecule has 0 spiro atoms. The van der Waals surface area contributed by atoms with E-state index in [9.17, 15) is 9.18 Å². The van der Waals surface area contributed by atoms with E-state index in [1.807, 2.05) is 0 Å². The van der Waals surface area contributed by atoms with E-state index >= 15 is 0 Å². The van der Waals surface area contributed by atoms with Gasteiger partial charge in [-0.05, 0) is 41.1 Å². The summed E-state index contributed by atoms with van der Waals surface area (Å²) >= 11 is 0. The van der Waals surface area contributed by atoms with Crippen LogP contribution in [0.4, 0.5) is 4.39 Å². The average Bonchev–Trinajstić information content (AvgIpc) is 3.01. The Morgan fingerprint density at radius 1 is 1.39 bits per heavy atom. The third kappa shape index (κ3) is 1.73. The molecule has 2 atom stereocenters. The van der Waals surface area contributed by atoms with Gasteiger partial charge >= 0.3 is 5.97 Å². The molecule has 1 saturated carbocycles. The van der Waals surface area contributed by atoms with E-state index in [1.54, 1.807) is 12.1 Å². The van der Waals surface area contributed by atoms with Gasteiger partial charge in [0.1, 0.15) is 5.82 Å². The molecule has 1 aromatic heterocycles. The van der Waals surface area contributed by atoms with Crippen LogP contribution in [0.15, 0.2) is 24.3 Å². The predicted octanol–water partition coefficient (Wildman–Crippen LogP) is 0.989. The van der Waals surface area contributed by atoms with Crippen LogP contribution in [0.1, 0.15) is 18.2 Å². The monoisotopic (exact) mass is 248 g/mol. The molecule has 6 nitrogen and oxygen atoms in total. The van der Waals surface area contributed by atoms with E-state index in [0.717, 1.165) is 0 Å². The summed E-state index contributed by atoms with van der Waals surface area (Å²) in [5, 5.41) is 20.1. The maximum absolute atomic E-state index is 12.8. The zero-order valence-corrected chi connectivity index (χ0v) is 9.19.